The van der Waals surface area contributed by atoms with E-state index in [9.17, 15) is 0 Å². The molecule has 1 aromatic carbocycles. The van der Waals surface area contributed by atoms with Crippen LogP contribution in [0.1, 0.15) is 11.1 Å². The van der Waals surface area contributed by atoms with E-state index in [1.165, 1.54) is 0 Å². The molecule has 0 aromatic heterocycles. The molecule has 0 atom stereocenters. The van der Waals surface area contributed by atoms with Gasteiger partial charge in [0.1, 0.15) is 5.75 Å². The minimum atomic E-state index is 0.292. The summed E-state index contributed by atoms with van der Waals surface area (Å²) >= 11 is 0. The van der Waals surface area contributed by atoms with E-state index in [1.807, 2.05) is 6.07 Å². The van der Waals surface area contributed by atoms with Crippen LogP contribution in [-0.4, -0.2) is 13.7 Å². The Kier molecular flexibility index (Phi) is 3.55. The zero-order chi connectivity index (χ0) is 10.4. The number of rotatable bonds is 1. The average molecular weight is 186 g/mol. The second-order valence-corrected chi connectivity index (χ2v) is 2.53. The van der Waals surface area contributed by atoms with Crippen molar-refractivity contribution in [3.8, 4) is 23.7 Å². The third-order valence-corrected chi connectivity index (χ3v) is 1.65. The molecule has 2 N–H and O–H groups in total. The van der Waals surface area contributed by atoms with Gasteiger partial charge in [0.05, 0.1) is 30.9 Å². The lowest BCUT2D eigenvalue weighted by Gasteiger charge is -2.02. The van der Waals surface area contributed by atoms with Gasteiger partial charge in [0.2, 0.25) is 0 Å². The summed E-state index contributed by atoms with van der Waals surface area (Å²) in [6.07, 6.45) is 0. The van der Waals surface area contributed by atoms with E-state index in [0.29, 0.717) is 23.4 Å². The summed E-state index contributed by atoms with van der Waals surface area (Å²) in [6, 6.07) is 7.13. The molecule has 0 amide bonds. The minimum Gasteiger partial charge on any atom is -0.495 e. The van der Waals surface area contributed by atoms with Crippen LogP contribution in [0.3, 0.4) is 0 Å². The number of ether oxygens (including phenoxy) is 1. The Labute approximate surface area is 83.1 Å². The second kappa shape index (κ2) is 4.91. The Morgan fingerprint density at radius 2 is 2.29 bits per heavy atom. The summed E-state index contributed by atoms with van der Waals surface area (Å²) in [5, 5.41) is 8.69. The summed E-state index contributed by atoms with van der Waals surface area (Å²) in [7, 11) is 1.56. The van der Waals surface area contributed by atoms with E-state index in [4.69, 9.17) is 15.7 Å². The fourth-order valence-electron chi connectivity index (χ4n) is 1.02. The van der Waals surface area contributed by atoms with E-state index >= 15 is 0 Å². The van der Waals surface area contributed by atoms with Crippen molar-refractivity contribution < 1.29 is 4.74 Å². The Bertz CT molecular complexity index is 421. The van der Waals surface area contributed by atoms with Crippen molar-refractivity contribution >= 4 is 0 Å². The molecule has 0 bridgehead atoms. The van der Waals surface area contributed by atoms with Crippen LogP contribution in [0.15, 0.2) is 18.2 Å². The summed E-state index contributed by atoms with van der Waals surface area (Å²) in [5.41, 5.74) is 6.51. The number of methoxy groups -OCH3 is 1. The first kappa shape index (κ1) is 10.1. The van der Waals surface area contributed by atoms with Crippen molar-refractivity contribution in [2.24, 2.45) is 5.73 Å². The highest BCUT2D eigenvalue weighted by Gasteiger charge is 2.00. The molecule has 0 aliphatic heterocycles. The molecule has 0 aliphatic carbocycles. The molecule has 0 fully saturated rings. The average Bonchev–Trinajstić information content (AvgIpc) is 2.25. The molecule has 1 rings (SSSR count). The van der Waals surface area contributed by atoms with Crippen LogP contribution < -0.4 is 10.5 Å². The molecule has 0 radical (unpaired) electrons. The van der Waals surface area contributed by atoms with Crippen molar-refractivity contribution in [1.29, 1.82) is 5.26 Å². The number of benzene rings is 1. The zero-order valence-electron chi connectivity index (χ0n) is 7.87. The first-order valence-electron chi connectivity index (χ1n) is 4.09. The van der Waals surface area contributed by atoms with Gasteiger partial charge in [0, 0.05) is 0 Å². The first-order chi connectivity index (χ1) is 6.81. The van der Waals surface area contributed by atoms with E-state index in [1.54, 1.807) is 25.3 Å². The number of hydrogen-bond acceptors (Lipinski definition) is 3. The Morgan fingerprint density at radius 3 is 2.86 bits per heavy atom. The molecule has 3 heteroatoms. The summed E-state index contributed by atoms with van der Waals surface area (Å²) in [4.78, 5) is 0. The van der Waals surface area contributed by atoms with E-state index in [0.717, 1.165) is 0 Å². The maximum atomic E-state index is 8.69. The normalized spacial score (nSPS) is 8.36. The van der Waals surface area contributed by atoms with Crippen LogP contribution in [0.25, 0.3) is 0 Å². The monoisotopic (exact) mass is 186 g/mol. The summed E-state index contributed by atoms with van der Waals surface area (Å²) in [6.45, 7) is 0.292. The zero-order valence-corrected chi connectivity index (χ0v) is 7.87. The highest BCUT2D eigenvalue weighted by molar-refractivity contribution is 5.50. The maximum Gasteiger partial charge on any atom is 0.134 e. The molecule has 0 saturated carbocycles. The van der Waals surface area contributed by atoms with Crippen LogP contribution >= 0.6 is 0 Å². The third-order valence-electron chi connectivity index (χ3n) is 1.65. The van der Waals surface area contributed by atoms with Gasteiger partial charge in [0.15, 0.2) is 0 Å². The molecule has 0 unspecified atom stereocenters. The Balaban J connectivity index is 3.16. The minimum absolute atomic E-state index is 0.292. The smallest absolute Gasteiger partial charge is 0.134 e. The molecular weight excluding hydrogens is 176 g/mol. The van der Waals surface area contributed by atoms with Gasteiger partial charge in [0.25, 0.3) is 0 Å². The number of nitrogens with zero attached hydrogens (tertiary/aromatic N) is 1. The molecule has 3 nitrogen and oxygen atoms in total. The topological polar surface area (TPSA) is 59.0 Å². The first-order valence-corrected chi connectivity index (χ1v) is 4.09. The predicted octanol–water partition coefficient (Wildman–Crippen LogP) is 0.877. The van der Waals surface area contributed by atoms with Crippen LogP contribution in [0.2, 0.25) is 0 Å². The highest BCUT2D eigenvalue weighted by atomic mass is 16.5. The van der Waals surface area contributed by atoms with Gasteiger partial charge in [-0.2, -0.15) is 5.26 Å². The third kappa shape index (κ3) is 2.26. The molecule has 0 saturated heterocycles. The van der Waals surface area contributed by atoms with Gasteiger partial charge in [-0.1, -0.05) is 11.8 Å². The van der Waals surface area contributed by atoms with Crippen LogP contribution in [0.4, 0.5) is 0 Å². The fourth-order valence-corrected chi connectivity index (χ4v) is 1.02. The number of nitrogens with two attached hydrogens (primary N) is 1. The van der Waals surface area contributed by atoms with Crippen LogP contribution in [-0.2, 0) is 0 Å². The Morgan fingerprint density at radius 1 is 1.50 bits per heavy atom. The molecule has 0 heterocycles. The molecule has 1 aromatic rings. The van der Waals surface area contributed by atoms with E-state index in [2.05, 4.69) is 11.8 Å². The fraction of sp³-hybridized carbons (Fsp3) is 0.182. The van der Waals surface area contributed by atoms with Gasteiger partial charge in [-0.05, 0) is 18.2 Å². The predicted molar refractivity (Wildman–Crippen MR) is 53.6 cm³/mol. The highest BCUT2D eigenvalue weighted by Crippen LogP contribution is 2.18. The van der Waals surface area contributed by atoms with E-state index in [-0.39, 0.29) is 0 Å². The van der Waals surface area contributed by atoms with Gasteiger partial charge in [-0.3, -0.25) is 0 Å². The molecule has 0 aliphatic rings. The van der Waals surface area contributed by atoms with Crippen LogP contribution in [0.5, 0.6) is 5.75 Å². The number of nitriles is 1. The van der Waals surface area contributed by atoms with Crippen molar-refractivity contribution in [3.05, 3.63) is 29.3 Å². The lowest BCUT2D eigenvalue weighted by Crippen LogP contribution is -1.94. The largest absolute Gasteiger partial charge is 0.495 e. The molecule has 14 heavy (non-hydrogen) atoms. The summed E-state index contributed by atoms with van der Waals surface area (Å²) < 4.78 is 5.09. The standard InChI is InChI=1S/C11H10N2O/c1-14-11-5-4-9(8-13)7-10(11)3-2-6-12/h4-5,7H,6,12H2,1H3. The van der Waals surface area contributed by atoms with Gasteiger partial charge >= 0.3 is 0 Å². The van der Waals surface area contributed by atoms with Crippen molar-refractivity contribution in [2.75, 3.05) is 13.7 Å². The van der Waals surface area contributed by atoms with Gasteiger partial charge in [-0.15, -0.1) is 0 Å². The molecule has 0 spiro atoms. The second-order valence-electron chi connectivity index (χ2n) is 2.53. The molecule has 70 valence electrons. The number of hydrogen-bond donors (Lipinski definition) is 1. The Hall–Kier alpha value is -1.97. The SMILES string of the molecule is COc1ccc(C#N)cc1C#CCN. The summed E-state index contributed by atoms with van der Waals surface area (Å²) in [5.74, 6) is 6.22. The lowest BCUT2D eigenvalue weighted by atomic mass is 10.1. The van der Waals surface area contributed by atoms with Gasteiger partial charge < -0.3 is 10.5 Å². The van der Waals surface area contributed by atoms with Crippen molar-refractivity contribution in [3.63, 3.8) is 0 Å². The quantitative estimate of drug-likeness (QED) is 0.662. The molecular formula is C11H10N2O. The van der Waals surface area contributed by atoms with Crippen molar-refractivity contribution in [1.82, 2.24) is 0 Å². The van der Waals surface area contributed by atoms with E-state index < -0.39 is 0 Å². The lowest BCUT2D eigenvalue weighted by molar-refractivity contribution is 0.413. The van der Waals surface area contributed by atoms with Crippen molar-refractivity contribution in [2.45, 2.75) is 0 Å². The maximum absolute atomic E-state index is 8.69. The van der Waals surface area contributed by atoms with Gasteiger partial charge in [-0.25, -0.2) is 0 Å². The van der Waals surface area contributed by atoms with Crippen LogP contribution in [0, 0.1) is 23.2 Å².